The SMILES string of the molecule is Cc1cc2c(c(C3=CC=CC3)c1C(C)(C)C)-c1c(c3c(C)c(C(C)(C)C)c1[Si](C)(C)[Si]3(C)C)[CH]2[Zr+2].[Cl-].[Cl-]. The smallest absolute Gasteiger partial charge is 1.00 e. The molecule has 197 valence electrons. The second kappa shape index (κ2) is 9.44. The zero-order valence-electron chi connectivity index (χ0n) is 24.8. The molecule has 2 aromatic rings. The molecule has 2 bridgehead atoms. The Balaban J connectivity index is 0.00000190. The number of allylic oxidation sites excluding steroid dienone is 4. The number of rotatable bonds is 1. The molecule has 2 aliphatic carbocycles. The third-order valence-electron chi connectivity index (χ3n) is 9.60. The Labute approximate surface area is 255 Å². The van der Waals surface area contributed by atoms with Crippen molar-refractivity contribution in [2.45, 2.75) is 102 Å². The third kappa shape index (κ3) is 4.11. The quantitative estimate of drug-likeness (QED) is 0.416. The van der Waals surface area contributed by atoms with Gasteiger partial charge in [-0.3, -0.25) is 0 Å². The second-order valence-electron chi connectivity index (χ2n) is 14.5. The van der Waals surface area contributed by atoms with E-state index in [2.05, 4.69) is 106 Å². The van der Waals surface area contributed by atoms with Gasteiger partial charge in [0.05, 0.1) is 0 Å². The fourth-order valence-corrected chi connectivity index (χ4v) is 20.3. The first-order valence-electron chi connectivity index (χ1n) is 13.4. The van der Waals surface area contributed by atoms with Crippen molar-refractivity contribution in [2.24, 2.45) is 0 Å². The Hall–Kier alpha value is -0.183. The molecule has 2 aromatic carbocycles. The molecule has 0 aromatic heterocycles. The fourth-order valence-electron chi connectivity index (χ4n) is 7.86. The number of aryl methyl sites for hydroxylation is 1. The van der Waals surface area contributed by atoms with Gasteiger partial charge in [-0.25, -0.2) is 0 Å². The molecule has 0 N–H and O–H groups in total. The predicted octanol–water partition coefficient (Wildman–Crippen LogP) is 1.79. The summed E-state index contributed by atoms with van der Waals surface area (Å²) in [6.45, 7) is 30.4. The molecule has 2 heterocycles. The molecule has 0 radical (unpaired) electrons. The molecule has 1 atom stereocenters. The zero-order valence-corrected chi connectivity index (χ0v) is 30.8. The van der Waals surface area contributed by atoms with E-state index in [1.165, 1.54) is 11.1 Å². The van der Waals surface area contributed by atoms with Crippen LogP contribution < -0.4 is 35.2 Å². The molecule has 0 saturated carbocycles. The number of hydrogen-bond donors (Lipinski definition) is 0. The second-order valence-corrected chi connectivity index (χ2v) is 30.9. The van der Waals surface area contributed by atoms with Crippen LogP contribution in [0.4, 0.5) is 0 Å². The van der Waals surface area contributed by atoms with Crippen molar-refractivity contribution < 1.29 is 49.5 Å². The molecule has 0 fully saturated rings. The summed E-state index contributed by atoms with van der Waals surface area (Å²) < 4.78 is 0.576. The Morgan fingerprint density at radius 1 is 0.784 bits per heavy atom. The molecule has 0 amide bonds. The summed E-state index contributed by atoms with van der Waals surface area (Å²) in [5.41, 5.74) is 16.6. The Kier molecular flexibility index (Phi) is 8.00. The standard InChI is InChI=1S/C32H43Si2.2ClH.Zr/c1-19-17-22-18-23-26(24(22)25(21-15-13-14-16-21)27(19)31(3,4)5)30-28(32(6,7)8)20(2)29(23)33(9,10)34(30,11)12;;;/h13-15,17-18H,16H2,1-12H3;2*1H;/q;;;+2/p-2. The molecule has 5 heteroatoms. The van der Waals surface area contributed by atoms with E-state index in [1.54, 1.807) is 69.2 Å². The van der Waals surface area contributed by atoms with E-state index >= 15 is 0 Å². The monoisotopic (exact) mass is 643 g/mol. The fraction of sp³-hybridized carbons (Fsp3) is 0.500. The number of hydrogen-bond acceptors (Lipinski definition) is 0. The van der Waals surface area contributed by atoms with E-state index in [0.717, 1.165) is 6.42 Å². The van der Waals surface area contributed by atoms with Gasteiger partial charge in [-0.1, -0.05) is 0 Å². The maximum Gasteiger partial charge on any atom is -1.00 e. The minimum absolute atomic E-state index is 0. The van der Waals surface area contributed by atoms with Crippen LogP contribution in [0.5, 0.6) is 0 Å². The van der Waals surface area contributed by atoms with Crippen LogP contribution in [0.3, 0.4) is 0 Å². The van der Waals surface area contributed by atoms with Crippen LogP contribution in [0.1, 0.15) is 90.5 Å². The first-order valence-corrected chi connectivity index (χ1v) is 21.8. The molecular formula is C32H43Cl2Si2Zr. The minimum atomic E-state index is -1.66. The molecule has 0 nitrogen and oxygen atoms in total. The van der Waals surface area contributed by atoms with Crippen molar-refractivity contribution in [1.82, 2.24) is 0 Å². The maximum absolute atomic E-state index is 2.72. The van der Waals surface area contributed by atoms with Gasteiger partial charge in [-0.2, -0.15) is 0 Å². The summed E-state index contributed by atoms with van der Waals surface area (Å²) in [5.74, 6) is 0. The largest absolute Gasteiger partial charge is 1.00 e. The molecule has 2 aliphatic heterocycles. The van der Waals surface area contributed by atoms with Crippen molar-refractivity contribution in [3.8, 4) is 11.1 Å². The number of benzene rings is 2. The van der Waals surface area contributed by atoms with Crippen LogP contribution >= 0.6 is 0 Å². The summed E-state index contributed by atoms with van der Waals surface area (Å²) in [7, 11) is -3.23. The topological polar surface area (TPSA) is 0 Å². The van der Waals surface area contributed by atoms with Gasteiger partial charge < -0.3 is 24.8 Å². The molecule has 0 saturated heterocycles. The molecule has 37 heavy (non-hydrogen) atoms. The average Bonchev–Trinajstić information content (AvgIpc) is 3.31. The Morgan fingerprint density at radius 3 is 1.81 bits per heavy atom. The Bertz CT molecular complexity index is 1370. The van der Waals surface area contributed by atoms with E-state index in [9.17, 15) is 0 Å². The van der Waals surface area contributed by atoms with Crippen molar-refractivity contribution in [3.05, 3.63) is 63.2 Å². The van der Waals surface area contributed by atoms with E-state index in [-0.39, 0.29) is 35.6 Å². The van der Waals surface area contributed by atoms with Crippen LogP contribution in [-0.2, 0) is 35.5 Å². The van der Waals surface area contributed by atoms with Gasteiger partial charge in [-0.15, -0.1) is 0 Å². The van der Waals surface area contributed by atoms with Crippen LogP contribution in [0.15, 0.2) is 24.3 Å². The molecule has 4 aliphatic rings. The predicted molar refractivity (Wildman–Crippen MR) is 157 cm³/mol. The van der Waals surface area contributed by atoms with Gasteiger partial charge in [-0.05, 0) is 0 Å². The Morgan fingerprint density at radius 2 is 1.32 bits per heavy atom. The summed E-state index contributed by atoms with van der Waals surface area (Å²) in [5, 5.41) is 3.69. The normalized spacial score (nSPS) is 20.3. The summed E-state index contributed by atoms with van der Waals surface area (Å²) in [6, 6.07) is 2.61. The van der Waals surface area contributed by atoms with E-state index < -0.39 is 15.2 Å². The van der Waals surface area contributed by atoms with Crippen LogP contribution in [0.2, 0.25) is 26.2 Å². The van der Waals surface area contributed by atoms with E-state index in [4.69, 9.17) is 0 Å². The van der Waals surface area contributed by atoms with E-state index in [1.807, 2.05) is 10.4 Å². The van der Waals surface area contributed by atoms with Crippen molar-refractivity contribution in [3.63, 3.8) is 0 Å². The summed E-state index contributed by atoms with van der Waals surface area (Å²) >= 11 is 1.65. The van der Waals surface area contributed by atoms with Gasteiger partial charge in [0.15, 0.2) is 0 Å². The van der Waals surface area contributed by atoms with Gasteiger partial charge in [0.1, 0.15) is 0 Å². The molecular weight excluding hydrogens is 603 g/mol. The third-order valence-corrected chi connectivity index (χ3v) is 28.7. The van der Waals surface area contributed by atoms with Crippen LogP contribution in [-0.4, -0.2) is 15.2 Å². The van der Waals surface area contributed by atoms with Crippen molar-refractivity contribution >= 4 is 31.1 Å². The minimum Gasteiger partial charge on any atom is -1.00 e. The first-order chi connectivity index (χ1) is 15.9. The average molecular weight is 646 g/mol. The van der Waals surface area contributed by atoms with Gasteiger partial charge in [0.2, 0.25) is 0 Å². The number of halogens is 2. The zero-order chi connectivity index (χ0) is 26.0. The van der Waals surface area contributed by atoms with Crippen LogP contribution in [0.25, 0.3) is 16.7 Å². The van der Waals surface area contributed by atoms with Crippen molar-refractivity contribution in [2.75, 3.05) is 0 Å². The molecule has 6 rings (SSSR count). The number of fused-ring (bicyclic) bond motifs is 3. The summed E-state index contributed by atoms with van der Waals surface area (Å²) in [4.78, 5) is 0. The first kappa shape index (κ1) is 31.3. The molecule has 1 unspecified atom stereocenters. The van der Waals surface area contributed by atoms with Gasteiger partial charge in [0.25, 0.3) is 0 Å². The van der Waals surface area contributed by atoms with Gasteiger partial charge in [0, 0.05) is 0 Å². The summed E-state index contributed by atoms with van der Waals surface area (Å²) in [6.07, 6.45) is 8.11. The maximum atomic E-state index is 2.72. The van der Waals surface area contributed by atoms with E-state index in [0.29, 0.717) is 3.63 Å². The van der Waals surface area contributed by atoms with Crippen molar-refractivity contribution in [1.29, 1.82) is 0 Å². The van der Waals surface area contributed by atoms with Gasteiger partial charge >= 0.3 is 233 Å². The molecule has 0 spiro atoms. The van der Waals surface area contributed by atoms with Crippen LogP contribution in [0, 0.1) is 13.8 Å².